The molecule has 2 aromatic heterocycles. The van der Waals surface area contributed by atoms with Crippen LogP contribution in [-0.4, -0.2) is 22.4 Å². The average Bonchev–Trinajstić information content (AvgIpc) is 3.96. The van der Waals surface area contributed by atoms with Crippen LogP contribution in [0.5, 0.6) is 0 Å². The van der Waals surface area contributed by atoms with Crippen molar-refractivity contribution in [3.63, 3.8) is 0 Å². The van der Waals surface area contributed by atoms with Crippen LogP contribution < -0.4 is 5.32 Å². The number of para-hydroxylation sites is 1. The predicted molar refractivity (Wildman–Crippen MR) is 282 cm³/mol. The highest BCUT2D eigenvalue weighted by Crippen LogP contribution is 2.42. The molecular formula is C63H48N4O. The lowest BCUT2D eigenvalue weighted by molar-refractivity contribution is 0.548. The van der Waals surface area contributed by atoms with E-state index in [0.29, 0.717) is 0 Å². The third kappa shape index (κ3) is 7.19. The van der Waals surface area contributed by atoms with Crippen LogP contribution in [0.2, 0.25) is 0 Å². The number of amidine groups is 2. The van der Waals surface area contributed by atoms with Gasteiger partial charge in [0.25, 0.3) is 0 Å². The Hall–Kier alpha value is -8.28. The number of rotatable bonds is 8. The predicted octanol–water partition coefficient (Wildman–Crippen LogP) is 15.6. The van der Waals surface area contributed by atoms with E-state index in [1.54, 1.807) is 0 Å². The molecule has 0 fully saturated rings. The van der Waals surface area contributed by atoms with E-state index in [0.717, 1.165) is 76.5 Å². The van der Waals surface area contributed by atoms with Gasteiger partial charge in [0.05, 0.1) is 11.0 Å². The van der Waals surface area contributed by atoms with E-state index in [1.165, 1.54) is 84.7 Å². The Labute approximate surface area is 396 Å². The minimum atomic E-state index is -0.158. The zero-order valence-electron chi connectivity index (χ0n) is 37.7. The monoisotopic (exact) mass is 876 g/mol. The highest BCUT2D eigenvalue weighted by Gasteiger charge is 2.28. The standard InChI is InChI=1S/C63H48N4O/c1-6-17-41(18-7-1)48-35-49(42-19-8-2-9-20-42)37-50(36-48)47-29-32-52-54-38-45(30-33-56(54)67(57(52)40-47)51-25-14-5-15-26-51)46-31-34-58-55(39-46)60-53(27-16-28-59(60)68-58)63-65-61(43-21-10-3-11-22-43)64-62(66-63)44-23-12-4-13-24-44/h1-3,5-11,14-23,25-30,32-33,35-40,62H,4,12-13,24,31,34H2,(H,64,65,66). The van der Waals surface area contributed by atoms with Crippen LogP contribution >= 0.6 is 0 Å². The van der Waals surface area contributed by atoms with Crippen molar-refractivity contribution in [3.8, 4) is 39.1 Å². The first-order valence-corrected chi connectivity index (χ1v) is 24.0. The van der Waals surface area contributed by atoms with Crippen molar-refractivity contribution in [2.75, 3.05) is 0 Å². The maximum atomic E-state index is 6.68. The largest absolute Gasteiger partial charge is 0.460 e. The number of allylic oxidation sites excluding steroid dienone is 2. The van der Waals surface area contributed by atoms with Crippen molar-refractivity contribution in [2.24, 2.45) is 9.98 Å². The van der Waals surface area contributed by atoms with Crippen LogP contribution in [0.15, 0.2) is 220 Å². The third-order valence-corrected chi connectivity index (χ3v) is 14.1. The van der Waals surface area contributed by atoms with Crippen molar-refractivity contribution in [3.05, 3.63) is 234 Å². The summed E-state index contributed by atoms with van der Waals surface area (Å²) in [5, 5.41) is 7.34. The fourth-order valence-electron chi connectivity index (χ4n) is 10.7. The molecule has 8 aromatic carbocycles. The van der Waals surface area contributed by atoms with Crippen LogP contribution in [0.1, 0.15) is 60.1 Å². The van der Waals surface area contributed by atoms with Crippen LogP contribution in [0.3, 0.4) is 0 Å². The summed E-state index contributed by atoms with van der Waals surface area (Å²) < 4.78 is 9.11. The molecule has 3 heterocycles. The summed E-state index contributed by atoms with van der Waals surface area (Å²) >= 11 is 0. The van der Waals surface area contributed by atoms with E-state index in [2.05, 4.69) is 210 Å². The van der Waals surface area contributed by atoms with Crippen LogP contribution in [0.4, 0.5) is 0 Å². The molecule has 10 aromatic rings. The van der Waals surface area contributed by atoms with Crippen LogP contribution in [-0.2, 0) is 6.42 Å². The molecular weight excluding hydrogens is 829 g/mol. The molecule has 2 aliphatic carbocycles. The second kappa shape index (κ2) is 16.9. The Kier molecular flexibility index (Phi) is 9.93. The molecule has 1 aliphatic heterocycles. The van der Waals surface area contributed by atoms with Gasteiger partial charge in [-0.2, -0.15) is 0 Å². The van der Waals surface area contributed by atoms with Gasteiger partial charge in [0.15, 0.2) is 5.84 Å². The molecule has 1 atom stereocenters. The van der Waals surface area contributed by atoms with Gasteiger partial charge in [-0.05, 0) is 143 Å². The smallest absolute Gasteiger partial charge is 0.159 e. The fourth-order valence-corrected chi connectivity index (χ4v) is 10.7. The van der Waals surface area contributed by atoms with Gasteiger partial charge < -0.3 is 14.3 Å². The summed E-state index contributed by atoms with van der Waals surface area (Å²) in [4.78, 5) is 10.4. The van der Waals surface area contributed by atoms with Crippen LogP contribution in [0, 0.1) is 0 Å². The van der Waals surface area contributed by atoms with Crippen molar-refractivity contribution in [1.82, 2.24) is 9.88 Å². The first-order valence-electron chi connectivity index (χ1n) is 24.0. The molecule has 0 amide bonds. The molecule has 326 valence electrons. The quantitative estimate of drug-likeness (QED) is 0.155. The zero-order chi connectivity index (χ0) is 45.0. The van der Waals surface area contributed by atoms with E-state index >= 15 is 0 Å². The Bertz CT molecular complexity index is 3630. The summed E-state index contributed by atoms with van der Waals surface area (Å²) in [7, 11) is 0. The molecule has 0 radical (unpaired) electrons. The van der Waals surface area contributed by atoms with Crippen molar-refractivity contribution >= 4 is 56.1 Å². The number of nitrogens with one attached hydrogen (secondary N) is 1. The summed E-state index contributed by atoms with van der Waals surface area (Å²) in [6, 6.07) is 70.0. The number of furan rings is 1. The zero-order valence-corrected chi connectivity index (χ0v) is 37.7. The summed E-state index contributed by atoms with van der Waals surface area (Å²) in [5.74, 6) is 2.62. The number of nitrogens with zero attached hydrogens (tertiary/aromatic N) is 3. The Morgan fingerprint density at radius 1 is 0.515 bits per heavy atom. The maximum absolute atomic E-state index is 6.68. The SMILES string of the molecule is C1=C(c2ccc3c(c2)c2ccc(-c4cc(-c5ccccc5)cc(-c5ccccc5)c4)cc2n3-c2ccccc2)CCc2oc3cccc(C4=NC(c5ccccc5)=NC(C5=CCCCC5)N4)c3c21. The van der Waals surface area contributed by atoms with E-state index < -0.39 is 0 Å². The lowest BCUT2D eigenvalue weighted by Gasteiger charge is -2.27. The van der Waals surface area contributed by atoms with E-state index in [1.807, 2.05) is 6.07 Å². The van der Waals surface area contributed by atoms with Gasteiger partial charge in [-0.3, -0.25) is 0 Å². The molecule has 5 heteroatoms. The van der Waals surface area contributed by atoms with Gasteiger partial charge in [-0.25, -0.2) is 9.98 Å². The van der Waals surface area contributed by atoms with Gasteiger partial charge in [0.1, 0.15) is 23.3 Å². The van der Waals surface area contributed by atoms with Crippen molar-refractivity contribution in [1.29, 1.82) is 0 Å². The number of hydrogen-bond donors (Lipinski definition) is 1. The number of aromatic nitrogens is 1. The Balaban J connectivity index is 0.929. The Morgan fingerprint density at radius 3 is 1.90 bits per heavy atom. The molecule has 1 unspecified atom stereocenters. The molecule has 68 heavy (non-hydrogen) atoms. The molecule has 3 aliphatic rings. The molecule has 0 saturated carbocycles. The second-order valence-electron chi connectivity index (χ2n) is 18.3. The van der Waals surface area contributed by atoms with Crippen molar-refractivity contribution < 1.29 is 4.42 Å². The number of benzene rings is 8. The second-order valence-corrected chi connectivity index (χ2v) is 18.3. The van der Waals surface area contributed by atoms with Crippen LogP contribution in [0.25, 0.3) is 83.5 Å². The summed E-state index contributed by atoms with van der Waals surface area (Å²) in [5.41, 5.74) is 18.6. The lowest BCUT2D eigenvalue weighted by atomic mass is 9.89. The molecule has 0 saturated heterocycles. The molecule has 1 N–H and O–H groups in total. The van der Waals surface area contributed by atoms with Gasteiger partial charge in [-0.15, -0.1) is 0 Å². The highest BCUT2D eigenvalue weighted by atomic mass is 16.3. The summed E-state index contributed by atoms with van der Waals surface area (Å²) in [6.45, 7) is 0. The number of hydrogen-bond acceptors (Lipinski definition) is 4. The normalized spacial score (nSPS) is 15.9. The fraction of sp³-hybridized carbons (Fsp3) is 0.111. The van der Waals surface area contributed by atoms with E-state index in [9.17, 15) is 0 Å². The molecule has 5 nitrogen and oxygen atoms in total. The summed E-state index contributed by atoms with van der Waals surface area (Å²) in [6.07, 6.45) is 10.9. The molecule has 0 spiro atoms. The minimum Gasteiger partial charge on any atom is -0.460 e. The number of fused-ring (bicyclic) bond motifs is 6. The third-order valence-electron chi connectivity index (χ3n) is 14.1. The highest BCUT2D eigenvalue weighted by molar-refractivity contribution is 6.19. The van der Waals surface area contributed by atoms with E-state index in [4.69, 9.17) is 14.4 Å². The van der Waals surface area contributed by atoms with Gasteiger partial charge in [0.2, 0.25) is 0 Å². The molecule has 13 rings (SSSR count). The maximum Gasteiger partial charge on any atom is 0.159 e. The van der Waals surface area contributed by atoms with E-state index in [-0.39, 0.29) is 6.17 Å². The average molecular weight is 877 g/mol. The van der Waals surface area contributed by atoms with Gasteiger partial charge in [-0.1, -0.05) is 146 Å². The van der Waals surface area contributed by atoms with Crippen molar-refractivity contribution in [2.45, 2.75) is 44.7 Å². The first kappa shape index (κ1) is 40.0. The lowest BCUT2D eigenvalue weighted by Crippen LogP contribution is -2.40. The van der Waals surface area contributed by atoms with Gasteiger partial charge in [0, 0.05) is 45.0 Å². The first-order chi connectivity index (χ1) is 33.7. The number of aryl methyl sites for hydroxylation is 1. The number of aliphatic imine (C=N–C) groups is 2. The minimum absolute atomic E-state index is 0.158. The van der Waals surface area contributed by atoms with Gasteiger partial charge >= 0.3 is 0 Å². The topological polar surface area (TPSA) is 54.8 Å². The molecule has 0 bridgehead atoms. The Morgan fingerprint density at radius 2 is 1.19 bits per heavy atom.